The molecule has 1 N–H and O–H groups in total. The average molecular weight is 300 g/mol. The van der Waals surface area contributed by atoms with E-state index in [0.717, 1.165) is 11.6 Å². The Morgan fingerprint density at radius 1 is 1.00 bits per heavy atom. The Labute approximate surface area is 120 Å². The number of hydrogen-bond donors (Lipinski definition) is 1. The van der Waals surface area contributed by atoms with Crippen LogP contribution in [0.1, 0.15) is 12.5 Å². The Balaban J connectivity index is 2.06. The highest BCUT2D eigenvalue weighted by Crippen LogP contribution is 2.20. The third-order valence-corrected chi connectivity index (χ3v) is 3.12. The van der Waals surface area contributed by atoms with E-state index in [-0.39, 0.29) is 11.7 Å². The van der Waals surface area contributed by atoms with E-state index in [9.17, 15) is 13.2 Å². The Kier molecular flexibility index (Phi) is 4.55. The van der Waals surface area contributed by atoms with Gasteiger partial charge in [-0.1, -0.05) is 23.7 Å². The van der Waals surface area contributed by atoms with Crippen molar-refractivity contribution >= 4 is 17.3 Å². The van der Waals surface area contributed by atoms with Gasteiger partial charge >= 0.3 is 0 Å². The van der Waals surface area contributed by atoms with E-state index in [1.807, 2.05) is 19.1 Å². The van der Waals surface area contributed by atoms with Crippen LogP contribution in [0.15, 0.2) is 36.4 Å². The second kappa shape index (κ2) is 6.18. The van der Waals surface area contributed by atoms with Gasteiger partial charge in [-0.05, 0) is 31.0 Å². The van der Waals surface area contributed by atoms with E-state index in [1.54, 1.807) is 12.1 Å². The van der Waals surface area contributed by atoms with Gasteiger partial charge in [0.2, 0.25) is 0 Å². The van der Waals surface area contributed by atoms with Crippen molar-refractivity contribution < 1.29 is 13.2 Å². The average Bonchev–Trinajstić information content (AvgIpc) is 2.39. The van der Waals surface area contributed by atoms with Gasteiger partial charge < -0.3 is 5.32 Å². The maximum atomic E-state index is 13.5. The molecule has 0 radical (unpaired) electrons. The Bertz CT molecular complexity index is 599. The first-order valence-electron chi connectivity index (χ1n) is 6.11. The van der Waals surface area contributed by atoms with E-state index in [2.05, 4.69) is 5.32 Å². The van der Waals surface area contributed by atoms with Crippen molar-refractivity contribution in [1.29, 1.82) is 0 Å². The molecule has 2 rings (SSSR count). The van der Waals surface area contributed by atoms with Crippen LogP contribution in [0, 0.1) is 17.5 Å². The first kappa shape index (κ1) is 14.7. The Morgan fingerprint density at radius 2 is 1.60 bits per heavy atom. The van der Waals surface area contributed by atoms with Crippen LogP contribution in [0.25, 0.3) is 0 Å². The van der Waals surface area contributed by atoms with Gasteiger partial charge in [0.05, 0.1) is 5.69 Å². The fourth-order valence-corrected chi connectivity index (χ4v) is 2.05. The highest BCUT2D eigenvalue weighted by atomic mass is 35.5. The van der Waals surface area contributed by atoms with E-state index in [1.165, 1.54) is 0 Å². The molecule has 106 valence electrons. The molecular formula is C15H13ClF3N. The molecule has 0 bridgehead atoms. The molecule has 1 nitrogen and oxygen atoms in total. The van der Waals surface area contributed by atoms with Crippen LogP contribution < -0.4 is 5.32 Å². The lowest BCUT2D eigenvalue weighted by molar-refractivity contribution is 0.495. The summed E-state index contributed by atoms with van der Waals surface area (Å²) in [6, 6.07) is 8.47. The summed E-state index contributed by atoms with van der Waals surface area (Å²) < 4.78 is 39.4. The highest BCUT2D eigenvalue weighted by Gasteiger charge is 2.12. The number of halogens is 4. The molecule has 0 spiro atoms. The fraction of sp³-hybridized carbons (Fsp3) is 0.200. The van der Waals surface area contributed by atoms with E-state index in [0.29, 0.717) is 17.5 Å². The second-order valence-electron chi connectivity index (χ2n) is 4.62. The summed E-state index contributed by atoms with van der Waals surface area (Å²) in [6.45, 7) is 1.83. The topological polar surface area (TPSA) is 12.0 Å². The largest absolute Gasteiger partial charge is 0.380 e. The number of nitrogens with one attached hydrogen (secondary N) is 1. The molecule has 0 heterocycles. The van der Waals surface area contributed by atoms with Gasteiger partial charge in [-0.15, -0.1) is 0 Å². The quantitative estimate of drug-likeness (QED) is 0.800. The summed E-state index contributed by atoms with van der Waals surface area (Å²) in [6.07, 6.45) is 0.607. The van der Waals surface area contributed by atoms with Crippen molar-refractivity contribution in [3.8, 4) is 0 Å². The molecule has 2 aromatic rings. The lowest BCUT2D eigenvalue weighted by atomic mass is 10.1. The van der Waals surface area contributed by atoms with E-state index in [4.69, 9.17) is 11.6 Å². The lowest BCUT2D eigenvalue weighted by Crippen LogP contribution is -2.19. The molecule has 20 heavy (non-hydrogen) atoms. The van der Waals surface area contributed by atoms with Crippen LogP contribution in [0.2, 0.25) is 5.02 Å². The molecule has 0 saturated carbocycles. The summed E-state index contributed by atoms with van der Waals surface area (Å²) in [5.74, 6) is -3.09. The maximum Gasteiger partial charge on any atom is 0.161 e. The summed E-state index contributed by atoms with van der Waals surface area (Å²) >= 11 is 5.79. The molecule has 0 aliphatic carbocycles. The van der Waals surface area contributed by atoms with Crippen LogP contribution in [0.4, 0.5) is 18.9 Å². The first-order chi connectivity index (χ1) is 9.45. The van der Waals surface area contributed by atoms with Crippen molar-refractivity contribution in [3.63, 3.8) is 0 Å². The van der Waals surface area contributed by atoms with Crippen LogP contribution in [-0.4, -0.2) is 6.04 Å². The minimum atomic E-state index is -1.20. The lowest BCUT2D eigenvalue weighted by Gasteiger charge is -2.16. The van der Waals surface area contributed by atoms with Crippen molar-refractivity contribution in [1.82, 2.24) is 0 Å². The molecule has 0 saturated heterocycles. The fourth-order valence-electron chi connectivity index (χ4n) is 1.92. The van der Waals surface area contributed by atoms with Gasteiger partial charge in [-0.25, -0.2) is 13.2 Å². The summed E-state index contributed by atoms with van der Waals surface area (Å²) in [4.78, 5) is 0. The van der Waals surface area contributed by atoms with E-state index >= 15 is 0 Å². The molecule has 1 unspecified atom stereocenters. The third kappa shape index (κ3) is 3.67. The number of anilines is 1. The van der Waals surface area contributed by atoms with Crippen LogP contribution >= 0.6 is 11.6 Å². The zero-order chi connectivity index (χ0) is 14.7. The molecular weight excluding hydrogens is 287 g/mol. The molecule has 2 aromatic carbocycles. The van der Waals surface area contributed by atoms with Crippen molar-refractivity contribution in [3.05, 3.63) is 64.4 Å². The predicted octanol–water partition coefficient (Wildman–Crippen LogP) is 4.80. The van der Waals surface area contributed by atoms with E-state index < -0.39 is 17.5 Å². The molecule has 0 aliphatic heterocycles. The molecule has 0 fully saturated rings. The van der Waals surface area contributed by atoms with Gasteiger partial charge in [0.1, 0.15) is 5.82 Å². The third-order valence-electron chi connectivity index (χ3n) is 2.87. The molecule has 0 aromatic heterocycles. The van der Waals surface area contributed by atoms with Crippen LogP contribution in [0.5, 0.6) is 0 Å². The SMILES string of the molecule is CC(Cc1ccc(Cl)cc1)Nc1cc(F)c(F)cc1F. The zero-order valence-electron chi connectivity index (χ0n) is 10.8. The summed E-state index contributed by atoms with van der Waals surface area (Å²) in [5, 5.41) is 3.47. The number of hydrogen-bond acceptors (Lipinski definition) is 1. The molecule has 5 heteroatoms. The maximum absolute atomic E-state index is 13.5. The Morgan fingerprint density at radius 3 is 2.25 bits per heavy atom. The van der Waals surface area contributed by atoms with Crippen molar-refractivity contribution in [2.75, 3.05) is 5.32 Å². The first-order valence-corrected chi connectivity index (χ1v) is 6.49. The number of rotatable bonds is 4. The zero-order valence-corrected chi connectivity index (χ0v) is 11.5. The van der Waals surface area contributed by atoms with Crippen LogP contribution in [0.3, 0.4) is 0 Å². The van der Waals surface area contributed by atoms with Crippen LogP contribution in [-0.2, 0) is 6.42 Å². The highest BCUT2D eigenvalue weighted by molar-refractivity contribution is 6.30. The van der Waals surface area contributed by atoms with Gasteiger partial charge in [0, 0.05) is 23.2 Å². The second-order valence-corrected chi connectivity index (χ2v) is 5.06. The summed E-state index contributed by atoms with van der Waals surface area (Å²) in [5.41, 5.74) is 0.961. The monoisotopic (exact) mass is 299 g/mol. The minimum absolute atomic E-state index is 0.0506. The normalized spacial score (nSPS) is 12.2. The van der Waals surface area contributed by atoms with Crippen molar-refractivity contribution in [2.24, 2.45) is 0 Å². The Hall–Kier alpha value is -1.68. The standard InChI is InChI=1S/C15H13ClF3N/c1-9(6-10-2-4-11(16)5-3-10)20-15-8-13(18)12(17)7-14(15)19/h2-5,7-9,20H,6H2,1H3. The minimum Gasteiger partial charge on any atom is -0.380 e. The van der Waals surface area contributed by atoms with Gasteiger partial charge in [-0.2, -0.15) is 0 Å². The number of benzene rings is 2. The molecule has 0 amide bonds. The van der Waals surface area contributed by atoms with Gasteiger partial charge in [0.15, 0.2) is 11.6 Å². The van der Waals surface area contributed by atoms with Crippen molar-refractivity contribution in [2.45, 2.75) is 19.4 Å². The van der Waals surface area contributed by atoms with Gasteiger partial charge in [-0.3, -0.25) is 0 Å². The van der Waals surface area contributed by atoms with Gasteiger partial charge in [0.25, 0.3) is 0 Å². The summed E-state index contributed by atoms with van der Waals surface area (Å²) in [7, 11) is 0. The predicted molar refractivity (Wildman–Crippen MR) is 74.6 cm³/mol. The molecule has 0 aliphatic rings. The smallest absolute Gasteiger partial charge is 0.161 e. The molecule has 1 atom stereocenters.